The molecule has 0 radical (unpaired) electrons. The fourth-order valence-corrected chi connectivity index (χ4v) is 2.13. The molecule has 17 heavy (non-hydrogen) atoms. The van der Waals surface area contributed by atoms with Crippen LogP contribution in [0.15, 0.2) is 24.3 Å². The molecular weight excluding hydrogens is 219 g/mol. The first-order chi connectivity index (χ1) is 8.16. The minimum Gasteiger partial charge on any atom is -0.337 e. The third-order valence-corrected chi connectivity index (χ3v) is 3.07. The first kappa shape index (κ1) is 12.0. The van der Waals surface area contributed by atoms with Gasteiger partial charge in [-0.2, -0.15) is 0 Å². The maximum absolute atomic E-state index is 13.0. The van der Waals surface area contributed by atoms with Crippen molar-refractivity contribution in [2.75, 3.05) is 19.6 Å². The first-order valence-corrected chi connectivity index (χ1v) is 5.91. The predicted octanol–water partition coefficient (Wildman–Crippen LogP) is 1.19. The molecule has 0 unspecified atom stereocenters. The van der Waals surface area contributed by atoms with Gasteiger partial charge >= 0.3 is 0 Å². The lowest BCUT2D eigenvalue weighted by Gasteiger charge is -2.34. The van der Waals surface area contributed by atoms with Crippen molar-refractivity contribution >= 4 is 5.91 Å². The van der Waals surface area contributed by atoms with Crippen LogP contribution >= 0.6 is 0 Å². The zero-order valence-corrected chi connectivity index (χ0v) is 9.95. The molecule has 3 nitrogen and oxygen atoms in total. The molecule has 0 spiro atoms. The van der Waals surface area contributed by atoms with E-state index in [4.69, 9.17) is 0 Å². The average Bonchev–Trinajstić information content (AvgIpc) is 2.29. The highest BCUT2D eigenvalue weighted by Crippen LogP contribution is 2.09. The van der Waals surface area contributed by atoms with Crippen LogP contribution in [0.2, 0.25) is 0 Å². The Morgan fingerprint density at radius 3 is 3.12 bits per heavy atom. The maximum atomic E-state index is 13.0. The SMILES string of the molecule is C[C@@H]1CNCCN1C(=O)Cc1cccc(F)c1. The van der Waals surface area contributed by atoms with Gasteiger partial charge in [-0.1, -0.05) is 12.1 Å². The molecule has 0 aliphatic carbocycles. The molecule has 1 aliphatic rings. The van der Waals surface area contributed by atoms with Gasteiger partial charge in [0.1, 0.15) is 5.82 Å². The monoisotopic (exact) mass is 236 g/mol. The van der Waals surface area contributed by atoms with E-state index in [1.165, 1.54) is 12.1 Å². The van der Waals surface area contributed by atoms with E-state index in [2.05, 4.69) is 5.32 Å². The summed E-state index contributed by atoms with van der Waals surface area (Å²) in [6.07, 6.45) is 0.280. The second kappa shape index (κ2) is 5.27. The Morgan fingerprint density at radius 1 is 1.59 bits per heavy atom. The molecule has 92 valence electrons. The van der Waals surface area contributed by atoms with Crippen LogP contribution < -0.4 is 5.32 Å². The van der Waals surface area contributed by atoms with Crippen molar-refractivity contribution in [2.45, 2.75) is 19.4 Å². The normalized spacial score (nSPS) is 20.4. The van der Waals surface area contributed by atoms with Crippen molar-refractivity contribution in [3.05, 3.63) is 35.6 Å². The molecule has 0 aromatic heterocycles. The minimum absolute atomic E-state index is 0.0737. The van der Waals surface area contributed by atoms with E-state index in [1.54, 1.807) is 12.1 Å². The van der Waals surface area contributed by atoms with Crippen LogP contribution in [-0.2, 0) is 11.2 Å². The van der Waals surface area contributed by atoms with E-state index in [0.717, 1.165) is 25.2 Å². The summed E-state index contributed by atoms with van der Waals surface area (Å²) < 4.78 is 13.0. The Balaban J connectivity index is 2.01. The zero-order chi connectivity index (χ0) is 12.3. The number of nitrogens with one attached hydrogen (secondary N) is 1. The fourth-order valence-electron chi connectivity index (χ4n) is 2.13. The lowest BCUT2D eigenvalue weighted by atomic mass is 10.1. The number of carbonyl (C=O) groups excluding carboxylic acids is 1. The van der Waals surface area contributed by atoms with E-state index in [1.807, 2.05) is 11.8 Å². The quantitative estimate of drug-likeness (QED) is 0.836. The summed E-state index contributed by atoms with van der Waals surface area (Å²) >= 11 is 0. The summed E-state index contributed by atoms with van der Waals surface area (Å²) in [5, 5.41) is 3.24. The lowest BCUT2D eigenvalue weighted by Crippen LogP contribution is -2.52. The van der Waals surface area contributed by atoms with Gasteiger partial charge in [0.15, 0.2) is 0 Å². The number of hydrogen-bond donors (Lipinski definition) is 1. The molecule has 1 amide bonds. The van der Waals surface area contributed by atoms with Gasteiger partial charge in [0.2, 0.25) is 5.91 Å². The summed E-state index contributed by atoms with van der Waals surface area (Å²) in [4.78, 5) is 13.9. The van der Waals surface area contributed by atoms with Crippen LogP contribution in [0.4, 0.5) is 4.39 Å². The zero-order valence-electron chi connectivity index (χ0n) is 9.95. The molecule has 1 N–H and O–H groups in total. The van der Waals surface area contributed by atoms with Crippen molar-refractivity contribution in [3.8, 4) is 0 Å². The van der Waals surface area contributed by atoms with Crippen molar-refractivity contribution in [1.82, 2.24) is 10.2 Å². The van der Waals surface area contributed by atoms with E-state index in [-0.39, 0.29) is 24.2 Å². The van der Waals surface area contributed by atoms with Crippen LogP contribution in [0.3, 0.4) is 0 Å². The molecular formula is C13H17FN2O. The van der Waals surface area contributed by atoms with E-state index in [0.29, 0.717) is 0 Å². The molecule has 1 fully saturated rings. The third kappa shape index (κ3) is 3.03. The number of halogens is 1. The molecule has 1 saturated heterocycles. The Morgan fingerprint density at radius 2 is 2.41 bits per heavy atom. The maximum Gasteiger partial charge on any atom is 0.227 e. The van der Waals surface area contributed by atoms with Gasteiger partial charge in [0.05, 0.1) is 6.42 Å². The van der Waals surface area contributed by atoms with Gasteiger partial charge in [-0.15, -0.1) is 0 Å². The number of piperazine rings is 1. The lowest BCUT2D eigenvalue weighted by molar-refractivity contribution is -0.133. The number of carbonyl (C=O) groups is 1. The van der Waals surface area contributed by atoms with E-state index >= 15 is 0 Å². The third-order valence-electron chi connectivity index (χ3n) is 3.07. The minimum atomic E-state index is -0.288. The van der Waals surface area contributed by atoms with Crippen molar-refractivity contribution in [2.24, 2.45) is 0 Å². The average molecular weight is 236 g/mol. The Hall–Kier alpha value is -1.42. The number of benzene rings is 1. The highest BCUT2D eigenvalue weighted by Gasteiger charge is 2.22. The molecule has 1 aromatic carbocycles. The molecule has 4 heteroatoms. The van der Waals surface area contributed by atoms with E-state index < -0.39 is 0 Å². The van der Waals surface area contributed by atoms with Crippen LogP contribution in [0.5, 0.6) is 0 Å². The largest absolute Gasteiger partial charge is 0.337 e. The summed E-state index contributed by atoms with van der Waals surface area (Å²) in [5.41, 5.74) is 0.737. The second-order valence-electron chi connectivity index (χ2n) is 4.45. The van der Waals surface area contributed by atoms with Gasteiger partial charge in [-0.3, -0.25) is 4.79 Å². The molecule has 0 saturated carbocycles. The summed E-state index contributed by atoms with van der Waals surface area (Å²) in [7, 11) is 0. The fraction of sp³-hybridized carbons (Fsp3) is 0.462. The van der Waals surface area contributed by atoms with Crippen molar-refractivity contribution in [3.63, 3.8) is 0 Å². The smallest absolute Gasteiger partial charge is 0.227 e. The molecule has 0 bridgehead atoms. The molecule has 1 atom stereocenters. The molecule has 1 aromatic rings. The number of rotatable bonds is 2. The summed E-state index contributed by atoms with van der Waals surface area (Å²) in [6, 6.07) is 6.45. The van der Waals surface area contributed by atoms with Crippen LogP contribution in [0, 0.1) is 5.82 Å². The molecule has 1 heterocycles. The van der Waals surface area contributed by atoms with Crippen LogP contribution in [-0.4, -0.2) is 36.5 Å². The standard InChI is InChI=1S/C13H17FN2O/c1-10-9-15-5-6-16(10)13(17)8-11-3-2-4-12(14)7-11/h2-4,7,10,15H,5-6,8-9H2,1H3/t10-/m1/s1. The van der Waals surface area contributed by atoms with Crippen molar-refractivity contribution < 1.29 is 9.18 Å². The summed E-state index contributed by atoms with van der Waals surface area (Å²) in [6.45, 7) is 4.42. The number of amides is 1. The Labute approximate surface area is 101 Å². The van der Waals surface area contributed by atoms with Gasteiger partial charge in [-0.25, -0.2) is 4.39 Å². The summed E-state index contributed by atoms with van der Waals surface area (Å²) in [5.74, 6) is -0.215. The van der Waals surface area contributed by atoms with Gasteiger partial charge in [0.25, 0.3) is 0 Å². The number of hydrogen-bond acceptors (Lipinski definition) is 2. The Bertz CT molecular complexity index is 408. The van der Waals surface area contributed by atoms with E-state index in [9.17, 15) is 9.18 Å². The van der Waals surface area contributed by atoms with Gasteiger partial charge in [0, 0.05) is 25.7 Å². The molecule has 2 rings (SSSR count). The van der Waals surface area contributed by atoms with Crippen molar-refractivity contribution in [1.29, 1.82) is 0 Å². The van der Waals surface area contributed by atoms with Crippen LogP contribution in [0.25, 0.3) is 0 Å². The topological polar surface area (TPSA) is 32.3 Å². The van der Waals surface area contributed by atoms with Gasteiger partial charge in [-0.05, 0) is 24.6 Å². The van der Waals surface area contributed by atoms with Gasteiger partial charge < -0.3 is 10.2 Å². The Kier molecular flexibility index (Phi) is 3.74. The number of nitrogens with zero attached hydrogens (tertiary/aromatic N) is 1. The predicted molar refractivity (Wildman–Crippen MR) is 64.1 cm³/mol. The highest BCUT2D eigenvalue weighted by atomic mass is 19.1. The molecule has 1 aliphatic heterocycles. The highest BCUT2D eigenvalue weighted by molar-refractivity contribution is 5.79. The van der Waals surface area contributed by atoms with Crippen LogP contribution in [0.1, 0.15) is 12.5 Å². The second-order valence-corrected chi connectivity index (χ2v) is 4.45. The first-order valence-electron chi connectivity index (χ1n) is 5.91.